The van der Waals surface area contributed by atoms with Gasteiger partial charge in [0.05, 0.1) is 30.5 Å². The number of hydrogen-bond acceptors (Lipinski definition) is 5. The fraction of sp³-hybridized carbons (Fsp3) is 0.733. The van der Waals surface area contributed by atoms with E-state index in [0.29, 0.717) is 0 Å². The third-order valence-corrected chi connectivity index (χ3v) is 5.17. The smallest absolute Gasteiger partial charge is 0.194 e. The summed E-state index contributed by atoms with van der Waals surface area (Å²) in [5.41, 5.74) is 2.98. The van der Waals surface area contributed by atoms with Crippen LogP contribution >= 0.6 is 11.3 Å². The van der Waals surface area contributed by atoms with Gasteiger partial charge in [0.1, 0.15) is 6.10 Å². The summed E-state index contributed by atoms with van der Waals surface area (Å²) in [5.74, 6) is 0.930. The van der Waals surface area contributed by atoms with E-state index in [1.54, 1.807) is 11.3 Å². The highest BCUT2D eigenvalue weighted by atomic mass is 32.1. The molecule has 2 aliphatic rings. The summed E-state index contributed by atoms with van der Waals surface area (Å²) < 4.78 is 11.7. The molecule has 1 N–H and O–H groups in total. The van der Waals surface area contributed by atoms with Gasteiger partial charge in [-0.1, -0.05) is 0 Å². The molecule has 2 unspecified atom stereocenters. The Morgan fingerprint density at radius 2 is 2.32 bits per heavy atom. The van der Waals surface area contributed by atoms with E-state index in [4.69, 9.17) is 9.47 Å². The summed E-state index contributed by atoms with van der Waals surface area (Å²) in [5, 5.41) is 3.44. The van der Waals surface area contributed by atoms with E-state index in [-0.39, 0.29) is 12.2 Å². The van der Waals surface area contributed by atoms with Crippen LogP contribution in [-0.2, 0) is 16.0 Å². The number of hydrogen-bond donors (Lipinski definition) is 1. The summed E-state index contributed by atoms with van der Waals surface area (Å²) in [6.45, 7) is 6.10. The van der Waals surface area contributed by atoms with E-state index >= 15 is 0 Å². The van der Waals surface area contributed by atoms with Crippen molar-refractivity contribution in [1.82, 2.24) is 15.2 Å². The van der Waals surface area contributed by atoms with Crippen molar-refractivity contribution in [3.8, 4) is 0 Å². The van der Waals surface area contributed by atoms with Gasteiger partial charge in [0.15, 0.2) is 5.96 Å². The fourth-order valence-corrected chi connectivity index (χ4v) is 3.69. The van der Waals surface area contributed by atoms with E-state index in [1.807, 2.05) is 19.5 Å². The number of thiazole rings is 1. The van der Waals surface area contributed by atoms with Crippen LogP contribution in [0, 0.1) is 6.92 Å². The average molecular weight is 324 g/mol. The SMILES string of the molecule is CN=C(NCc1scnc1C)N1CCOC(C2CCCO2)C1. The number of ether oxygens (including phenoxy) is 2. The van der Waals surface area contributed by atoms with Crippen molar-refractivity contribution in [1.29, 1.82) is 0 Å². The van der Waals surface area contributed by atoms with E-state index in [2.05, 4.69) is 20.2 Å². The molecule has 0 aromatic carbocycles. The van der Waals surface area contributed by atoms with Crippen molar-refractivity contribution in [3.63, 3.8) is 0 Å². The van der Waals surface area contributed by atoms with Crippen LogP contribution in [0.25, 0.3) is 0 Å². The fourth-order valence-electron chi connectivity index (χ4n) is 2.98. The van der Waals surface area contributed by atoms with Crippen LogP contribution in [-0.4, -0.2) is 61.4 Å². The van der Waals surface area contributed by atoms with Crippen LogP contribution in [0.4, 0.5) is 0 Å². The molecule has 0 radical (unpaired) electrons. The second-order valence-corrected chi connectivity index (χ2v) is 6.61. The Morgan fingerprint density at radius 1 is 1.45 bits per heavy atom. The first-order valence-corrected chi connectivity index (χ1v) is 8.73. The monoisotopic (exact) mass is 324 g/mol. The molecule has 2 atom stereocenters. The van der Waals surface area contributed by atoms with E-state index in [9.17, 15) is 0 Å². The Kier molecular flexibility index (Phi) is 5.28. The third kappa shape index (κ3) is 3.59. The number of aryl methyl sites for hydroxylation is 1. The molecule has 22 heavy (non-hydrogen) atoms. The van der Waals surface area contributed by atoms with Gasteiger partial charge in [-0.25, -0.2) is 4.98 Å². The normalized spacial score (nSPS) is 26.5. The Bertz CT molecular complexity index is 513. The maximum Gasteiger partial charge on any atom is 0.194 e. The molecule has 0 aliphatic carbocycles. The predicted octanol–water partition coefficient (Wildman–Crippen LogP) is 1.41. The quantitative estimate of drug-likeness (QED) is 0.673. The number of aromatic nitrogens is 1. The number of morpholine rings is 1. The Hall–Kier alpha value is -1.18. The lowest BCUT2D eigenvalue weighted by molar-refractivity contribution is -0.0817. The highest BCUT2D eigenvalue weighted by Crippen LogP contribution is 2.21. The van der Waals surface area contributed by atoms with Crippen molar-refractivity contribution in [3.05, 3.63) is 16.1 Å². The highest BCUT2D eigenvalue weighted by molar-refractivity contribution is 7.09. The molecule has 0 spiro atoms. The average Bonchev–Trinajstić information content (AvgIpc) is 3.20. The van der Waals surface area contributed by atoms with Gasteiger partial charge in [-0.15, -0.1) is 11.3 Å². The minimum atomic E-state index is 0.153. The van der Waals surface area contributed by atoms with Gasteiger partial charge in [-0.2, -0.15) is 0 Å². The van der Waals surface area contributed by atoms with Crippen LogP contribution in [0.5, 0.6) is 0 Å². The molecule has 3 heterocycles. The number of nitrogens with one attached hydrogen (secondary N) is 1. The van der Waals surface area contributed by atoms with Crippen molar-refractivity contribution in [2.45, 2.75) is 38.5 Å². The molecule has 122 valence electrons. The first-order chi connectivity index (χ1) is 10.8. The Labute approximate surface area is 135 Å². The first kappa shape index (κ1) is 15.7. The van der Waals surface area contributed by atoms with Crippen molar-refractivity contribution >= 4 is 17.3 Å². The largest absolute Gasteiger partial charge is 0.375 e. The topological polar surface area (TPSA) is 59.0 Å². The number of rotatable bonds is 3. The molecule has 1 aromatic rings. The summed E-state index contributed by atoms with van der Waals surface area (Å²) in [4.78, 5) is 12.2. The lowest BCUT2D eigenvalue weighted by atomic mass is 10.1. The highest BCUT2D eigenvalue weighted by Gasteiger charge is 2.32. The van der Waals surface area contributed by atoms with Crippen LogP contribution in [0.15, 0.2) is 10.5 Å². The predicted molar refractivity (Wildman–Crippen MR) is 87.3 cm³/mol. The van der Waals surface area contributed by atoms with Crippen LogP contribution < -0.4 is 5.32 Å². The molecule has 3 rings (SSSR count). The van der Waals surface area contributed by atoms with Gasteiger partial charge in [-0.05, 0) is 19.8 Å². The van der Waals surface area contributed by atoms with Crippen LogP contribution in [0.1, 0.15) is 23.4 Å². The lowest BCUT2D eigenvalue weighted by Gasteiger charge is -2.37. The summed E-state index contributed by atoms with van der Waals surface area (Å²) in [6, 6.07) is 0. The summed E-state index contributed by atoms with van der Waals surface area (Å²) >= 11 is 1.68. The van der Waals surface area contributed by atoms with Gasteiger partial charge in [0, 0.05) is 31.6 Å². The van der Waals surface area contributed by atoms with Gasteiger partial charge < -0.3 is 19.7 Å². The molecule has 0 amide bonds. The number of aliphatic imine (C=N–C) groups is 1. The van der Waals surface area contributed by atoms with Gasteiger partial charge in [0.2, 0.25) is 0 Å². The van der Waals surface area contributed by atoms with Crippen molar-refractivity contribution in [2.75, 3.05) is 33.4 Å². The Morgan fingerprint density at radius 3 is 3.00 bits per heavy atom. The summed E-state index contributed by atoms with van der Waals surface area (Å²) in [7, 11) is 1.83. The van der Waals surface area contributed by atoms with Crippen molar-refractivity contribution in [2.24, 2.45) is 4.99 Å². The standard InChI is InChI=1S/C15H24N4O2S/c1-11-14(22-10-18-11)8-17-15(16-2)19-5-7-21-13(9-19)12-4-3-6-20-12/h10,12-13H,3-9H2,1-2H3,(H,16,17). The zero-order valence-electron chi connectivity index (χ0n) is 13.2. The molecular weight excluding hydrogens is 300 g/mol. The second kappa shape index (κ2) is 7.39. The van der Waals surface area contributed by atoms with Gasteiger partial charge >= 0.3 is 0 Å². The number of nitrogens with zero attached hydrogens (tertiary/aromatic N) is 3. The first-order valence-electron chi connectivity index (χ1n) is 7.85. The maximum atomic E-state index is 5.90. The molecule has 6 nitrogen and oxygen atoms in total. The molecular formula is C15H24N4O2S. The zero-order valence-corrected chi connectivity index (χ0v) is 14.1. The summed E-state index contributed by atoms with van der Waals surface area (Å²) in [6.07, 6.45) is 2.64. The molecule has 1 aromatic heterocycles. The molecule has 7 heteroatoms. The second-order valence-electron chi connectivity index (χ2n) is 5.67. The minimum Gasteiger partial charge on any atom is -0.375 e. The maximum absolute atomic E-state index is 5.90. The minimum absolute atomic E-state index is 0.153. The molecule has 2 fully saturated rings. The van der Waals surface area contributed by atoms with Gasteiger partial charge in [0.25, 0.3) is 0 Å². The van der Waals surface area contributed by atoms with Gasteiger partial charge in [-0.3, -0.25) is 4.99 Å². The van der Waals surface area contributed by atoms with Crippen LogP contribution in [0.3, 0.4) is 0 Å². The van der Waals surface area contributed by atoms with E-state index < -0.39 is 0 Å². The van der Waals surface area contributed by atoms with E-state index in [1.165, 1.54) is 4.88 Å². The van der Waals surface area contributed by atoms with Crippen molar-refractivity contribution < 1.29 is 9.47 Å². The Balaban J connectivity index is 1.57. The van der Waals surface area contributed by atoms with Crippen LogP contribution in [0.2, 0.25) is 0 Å². The lowest BCUT2D eigenvalue weighted by Crippen LogP contribution is -2.53. The zero-order chi connectivity index (χ0) is 15.4. The number of guanidine groups is 1. The third-order valence-electron chi connectivity index (χ3n) is 4.24. The van der Waals surface area contributed by atoms with E-state index in [0.717, 1.165) is 57.3 Å². The molecule has 2 aliphatic heterocycles. The molecule has 2 saturated heterocycles. The molecule has 0 bridgehead atoms. The molecule has 0 saturated carbocycles.